The standard InChI is InChI=1S/C22H38N4O7/c1-12(2)10-15(19(29)25-16(22(32)33)11-13(3)4)24-20(30)17-6-5-9-26(17)21(31)14(23)7-8-18(27)28/h12-17H,5-11,23H2,1-4H3,(H,24,30)(H,25,29)(H,27,28)(H,32,33). The van der Waals surface area contributed by atoms with Gasteiger partial charge in [-0.15, -0.1) is 0 Å². The maximum Gasteiger partial charge on any atom is 0.326 e. The summed E-state index contributed by atoms with van der Waals surface area (Å²) in [6.45, 7) is 7.77. The lowest BCUT2D eigenvalue weighted by Gasteiger charge is -2.29. The van der Waals surface area contributed by atoms with Crippen molar-refractivity contribution in [1.29, 1.82) is 0 Å². The van der Waals surface area contributed by atoms with E-state index in [0.29, 0.717) is 25.8 Å². The monoisotopic (exact) mass is 470 g/mol. The van der Waals surface area contributed by atoms with Crippen LogP contribution in [0.2, 0.25) is 0 Å². The molecule has 0 aliphatic carbocycles. The van der Waals surface area contributed by atoms with Crippen LogP contribution in [0.25, 0.3) is 0 Å². The lowest BCUT2D eigenvalue weighted by atomic mass is 10.00. The fourth-order valence-corrected chi connectivity index (χ4v) is 3.85. The van der Waals surface area contributed by atoms with Crippen molar-refractivity contribution in [2.75, 3.05) is 6.54 Å². The van der Waals surface area contributed by atoms with Gasteiger partial charge in [-0.2, -0.15) is 0 Å². The first kappa shape index (κ1) is 28.3. The molecule has 0 spiro atoms. The van der Waals surface area contributed by atoms with Crippen LogP contribution in [0.15, 0.2) is 0 Å². The second-order valence-corrected chi connectivity index (χ2v) is 9.45. The zero-order chi connectivity index (χ0) is 25.3. The van der Waals surface area contributed by atoms with Crippen molar-refractivity contribution < 1.29 is 34.2 Å². The Morgan fingerprint density at radius 1 is 0.970 bits per heavy atom. The van der Waals surface area contributed by atoms with E-state index in [2.05, 4.69) is 10.6 Å². The average Bonchev–Trinajstić information content (AvgIpc) is 3.19. The molecule has 188 valence electrons. The zero-order valence-corrected chi connectivity index (χ0v) is 19.9. The number of nitrogens with one attached hydrogen (secondary N) is 2. The smallest absolute Gasteiger partial charge is 0.326 e. The lowest BCUT2D eigenvalue weighted by Crippen LogP contribution is -2.57. The Balaban J connectivity index is 2.89. The molecule has 1 saturated heterocycles. The summed E-state index contributed by atoms with van der Waals surface area (Å²) in [5.41, 5.74) is 5.84. The van der Waals surface area contributed by atoms with Gasteiger partial charge in [0.05, 0.1) is 6.04 Å². The minimum atomic E-state index is -1.14. The van der Waals surface area contributed by atoms with Crippen LogP contribution in [0, 0.1) is 11.8 Å². The van der Waals surface area contributed by atoms with Gasteiger partial charge in [0.25, 0.3) is 0 Å². The van der Waals surface area contributed by atoms with Crippen LogP contribution in [0.4, 0.5) is 0 Å². The molecule has 0 aromatic carbocycles. The van der Waals surface area contributed by atoms with Crippen molar-refractivity contribution in [3.05, 3.63) is 0 Å². The maximum atomic E-state index is 13.0. The number of likely N-dealkylation sites (tertiary alicyclic amines) is 1. The predicted molar refractivity (Wildman–Crippen MR) is 120 cm³/mol. The lowest BCUT2D eigenvalue weighted by molar-refractivity contribution is -0.143. The van der Waals surface area contributed by atoms with E-state index in [1.165, 1.54) is 4.90 Å². The number of carboxylic acids is 2. The van der Waals surface area contributed by atoms with Gasteiger partial charge in [-0.1, -0.05) is 27.7 Å². The Morgan fingerprint density at radius 3 is 2.06 bits per heavy atom. The first-order valence-electron chi connectivity index (χ1n) is 11.4. The predicted octanol–water partition coefficient (Wildman–Crippen LogP) is 0.316. The summed E-state index contributed by atoms with van der Waals surface area (Å²) in [6, 6.07) is -3.87. The van der Waals surface area contributed by atoms with Crippen molar-refractivity contribution in [2.45, 2.75) is 90.4 Å². The molecule has 0 bridgehead atoms. The van der Waals surface area contributed by atoms with Gasteiger partial charge in [-0.3, -0.25) is 19.2 Å². The third-order valence-electron chi connectivity index (χ3n) is 5.49. The molecule has 0 radical (unpaired) electrons. The third kappa shape index (κ3) is 9.37. The number of carboxylic acid groups (broad SMARTS) is 2. The minimum Gasteiger partial charge on any atom is -0.481 e. The van der Waals surface area contributed by atoms with E-state index in [1.54, 1.807) is 0 Å². The minimum absolute atomic E-state index is 0.0379. The summed E-state index contributed by atoms with van der Waals surface area (Å²) in [7, 11) is 0. The van der Waals surface area contributed by atoms with Gasteiger partial charge in [-0.05, 0) is 43.9 Å². The summed E-state index contributed by atoms with van der Waals surface area (Å²) in [4.78, 5) is 62.2. The summed E-state index contributed by atoms with van der Waals surface area (Å²) < 4.78 is 0. The molecule has 1 fully saturated rings. The van der Waals surface area contributed by atoms with E-state index in [9.17, 15) is 29.1 Å². The zero-order valence-electron chi connectivity index (χ0n) is 19.9. The van der Waals surface area contributed by atoms with Gasteiger partial charge < -0.3 is 31.5 Å². The number of hydrogen-bond donors (Lipinski definition) is 5. The molecule has 4 unspecified atom stereocenters. The Kier molecular flexibility index (Phi) is 11.3. The molecule has 0 aromatic heterocycles. The number of hydrogen-bond acceptors (Lipinski definition) is 6. The molecule has 33 heavy (non-hydrogen) atoms. The van der Waals surface area contributed by atoms with Crippen molar-refractivity contribution in [2.24, 2.45) is 17.6 Å². The van der Waals surface area contributed by atoms with Crippen molar-refractivity contribution >= 4 is 29.7 Å². The van der Waals surface area contributed by atoms with E-state index < -0.39 is 53.8 Å². The number of aliphatic carboxylic acids is 2. The van der Waals surface area contributed by atoms with Crippen molar-refractivity contribution in [3.8, 4) is 0 Å². The molecule has 1 aliphatic heterocycles. The quantitative estimate of drug-likeness (QED) is 0.255. The fraction of sp³-hybridized carbons (Fsp3) is 0.773. The second kappa shape index (κ2) is 13.1. The van der Waals surface area contributed by atoms with E-state index in [0.717, 1.165) is 0 Å². The highest BCUT2D eigenvalue weighted by atomic mass is 16.4. The SMILES string of the molecule is CC(C)CC(NC(=O)C(CC(C)C)NC(=O)C1CCCN1C(=O)C(N)CCC(=O)O)C(=O)O. The first-order chi connectivity index (χ1) is 15.3. The molecule has 11 nitrogen and oxygen atoms in total. The molecular weight excluding hydrogens is 432 g/mol. The van der Waals surface area contributed by atoms with Crippen molar-refractivity contribution in [3.63, 3.8) is 0 Å². The Hall–Kier alpha value is -2.69. The number of nitrogens with zero attached hydrogens (tertiary/aromatic N) is 1. The van der Waals surface area contributed by atoms with Gasteiger partial charge in [0.1, 0.15) is 18.1 Å². The number of rotatable bonds is 13. The van der Waals surface area contributed by atoms with E-state index in [-0.39, 0.29) is 31.1 Å². The van der Waals surface area contributed by atoms with Gasteiger partial charge in [0.15, 0.2) is 0 Å². The van der Waals surface area contributed by atoms with Gasteiger partial charge in [0.2, 0.25) is 17.7 Å². The molecule has 1 heterocycles. The summed E-state index contributed by atoms with van der Waals surface area (Å²) in [5.74, 6) is -3.71. The number of carbonyl (C=O) groups excluding carboxylic acids is 3. The highest BCUT2D eigenvalue weighted by molar-refractivity contribution is 5.94. The summed E-state index contributed by atoms with van der Waals surface area (Å²) >= 11 is 0. The normalized spacial score (nSPS) is 18.6. The van der Waals surface area contributed by atoms with E-state index >= 15 is 0 Å². The average molecular weight is 471 g/mol. The molecule has 0 saturated carbocycles. The van der Waals surface area contributed by atoms with Crippen LogP contribution in [0.1, 0.15) is 66.2 Å². The molecule has 4 atom stereocenters. The molecule has 3 amide bonds. The molecule has 1 aliphatic rings. The molecule has 11 heteroatoms. The van der Waals surface area contributed by atoms with E-state index in [1.807, 2.05) is 27.7 Å². The molecular formula is C22H38N4O7. The van der Waals surface area contributed by atoms with Gasteiger partial charge in [-0.25, -0.2) is 4.79 Å². The van der Waals surface area contributed by atoms with Crippen LogP contribution in [0.3, 0.4) is 0 Å². The number of nitrogens with two attached hydrogens (primary N) is 1. The Bertz CT molecular complexity index is 726. The van der Waals surface area contributed by atoms with Crippen molar-refractivity contribution in [1.82, 2.24) is 15.5 Å². The topological polar surface area (TPSA) is 179 Å². The summed E-state index contributed by atoms with van der Waals surface area (Å²) in [6.07, 6.45) is 1.22. The highest BCUT2D eigenvalue weighted by Gasteiger charge is 2.38. The van der Waals surface area contributed by atoms with Crippen LogP contribution in [0.5, 0.6) is 0 Å². The van der Waals surface area contributed by atoms with Crippen LogP contribution in [-0.4, -0.2) is 75.5 Å². The van der Waals surface area contributed by atoms with Gasteiger partial charge >= 0.3 is 11.9 Å². The van der Waals surface area contributed by atoms with Crippen LogP contribution in [-0.2, 0) is 24.0 Å². The Morgan fingerprint density at radius 2 is 1.55 bits per heavy atom. The van der Waals surface area contributed by atoms with E-state index in [4.69, 9.17) is 10.8 Å². The van der Waals surface area contributed by atoms with Gasteiger partial charge in [0, 0.05) is 13.0 Å². The largest absolute Gasteiger partial charge is 0.481 e. The first-order valence-corrected chi connectivity index (χ1v) is 11.4. The second-order valence-electron chi connectivity index (χ2n) is 9.45. The molecule has 6 N–H and O–H groups in total. The Labute approximate surface area is 194 Å². The third-order valence-corrected chi connectivity index (χ3v) is 5.49. The van der Waals surface area contributed by atoms with Crippen LogP contribution >= 0.6 is 0 Å². The number of amides is 3. The molecule has 1 rings (SSSR count). The fourth-order valence-electron chi connectivity index (χ4n) is 3.85. The summed E-state index contributed by atoms with van der Waals surface area (Å²) in [5, 5.41) is 23.4. The molecule has 0 aromatic rings. The highest BCUT2D eigenvalue weighted by Crippen LogP contribution is 2.20. The maximum absolute atomic E-state index is 13.0. The van der Waals surface area contributed by atoms with Crippen LogP contribution < -0.4 is 16.4 Å². The number of carbonyl (C=O) groups is 5.